The van der Waals surface area contributed by atoms with Crippen LogP contribution >= 0.6 is 11.6 Å². The molecule has 140 valence electrons. The minimum atomic E-state index is -0.469. The molecule has 0 aliphatic carbocycles. The molecule has 0 fully saturated rings. The van der Waals surface area contributed by atoms with E-state index in [1.807, 2.05) is 44.2 Å². The first-order valence-electron chi connectivity index (χ1n) is 8.50. The highest BCUT2D eigenvalue weighted by atomic mass is 35.5. The van der Waals surface area contributed by atoms with Crippen molar-refractivity contribution >= 4 is 28.5 Å². The van der Waals surface area contributed by atoms with Crippen LogP contribution in [-0.2, 0) is 16.0 Å². The summed E-state index contributed by atoms with van der Waals surface area (Å²) < 4.78 is 10.3. The Balaban J connectivity index is 2.13. The molecule has 0 atom stereocenters. The first-order valence-corrected chi connectivity index (χ1v) is 8.87. The lowest BCUT2D eigenvalue weighted by atomic mass is 9.97. The average Bonchev–Trinajstić information content (AvgIpc) is 2.63. The van der Waals surface area contributed by atoms with Crippen molar-refractivity contribution in [3.8, 4) is 5.75 Å². The average molecular weight is 386 g/mol. The summed E-state index contributed by atoms with van der Waals surface area (Å²) in [6.45, 7) is 3.58. The number of nitrogens with one attached hydrogen (secondary N) is 1. The van der Waals surface area contributed by atoms with Crippen LogP contribution in [0.1, 0.15) is 22.3 Å². The number of rotatable bonds is 5. The molecule has 3 aromatic rings. The molecule has 0 amide bonds. The second kappa shape index (κ2) is 7.84. The number of esters is 1. The molecule has 0 radical (unpaired) electrons. The van der Waals surface area contributed by atoms with Crippen molar-refractivity contribution in [2.24, 2.45) is 0 Å². The van der Waals surface area contributed by atoms with E-state index in [1.54, 1.807) is 6.07 Å². The van der Waals surface area contributed by atoms with Crippen molar-refractivity contribution in [2.75, 3.05) is 13.7 Å². The first-order chi connectivity index (χ1) is 12.9. The number of hydrogen-bond donors (Lipinski definition) is 1. The molecule has 1 N–H and O–H groups in total. The zero-order valence-corrected chi connectivity index (χ0v) is 16.1. The van der Waals surface area contributed by atoms with Gasteiger partial charge in [0.15, 0.2) is 6.61 Å². The van der Waals surface area contributed by atoms with Crippen molar-refractivity contribution < 1.29 is 14.3 Å². The summed E-state index contributed by atoms with van der Waals surface area (Å²) in [6, 6.07) is 11.2. The number of carbonyl (C=O) groups is 1. The smallest absolute Gasteiger partial charge is 0.343 e. The fourth-order valence-corrected chi connectivity index (χ4v) is 3.31. The lowest BCUT2D eigenvalue weighted by Crippen LogP contribution is -2.17. The van der Waals surface area contributed by atoms with Crippen molar-refractivity contribution in [2.45, 2.75) is 20.3 Å². The highest BCUT2D eigenvalue weighted by molar-refractivity contribution is 6.31. The van der Waals surface area contributed by atoms with Gasteiger partial charge in [-0.05, 0) is 48.7 Å². The van der Waals surface area contributed by atoms with Crippen LogP contribution in [0.25, 0.3) is 10.9 Å². The van der Waals surface area contributed by atoms with Gasteiger partial charge in [-0.25, -0.2) is 4.79 Å². The van der Waals surface area contributed by atoms with E-state index in [9.17, 15) is 9.59 Å². The van der Waals surface area contributed by atoms with Crippen molar-refractivity contribution in [1.82, 2.24) is 4.98 Å². The second-order valence-electron chi connectivity index (χ2n) is 6.38. The molecular formula is C21H20ClNO4. The Labute approximate surface area is 161 Å². The molecule has 1 aromatic heterocycles. The Morgan fingerprint density at radius 2 is 1.93 bits per heavy atom. The Morgan fingerprint density at radius 1 is 1.19 bits per heavy atom. The molecule has 1 heterocycles. The third kappa shape index (κ3) is 3.98. The van der Waals surface area contributed by atoms with E-state index < -0.39 is 5.97 Å². The number of aromatic amines is 1. The minimum Gasteiger partial charge on any atom is -0.481 e. The second-order valence-corrected chi connectivity index (χ2v) is 6.78. The highest BCUT2D eigenvalue weighted by Gasteiger charge is 2.16. The van der Waals surface area contributed by atoms with Gasteiger partial charge in [-0.3, -0.25) is 4.79 Å². The number of hydrogen-bond acceptors (Lipinski definition) is 4. The van der Waals surface area contributed by atoms with Crippen LogP contribution in [-0.4, -0.2) is 24.7 Å². The number of pyridine rings is 1. The molecule has 2 aromatic carbocycles. The van der Waals surface area contributed by atoms with Crippen LogP contribution < -0.4 is 10.3 Å². The van der Waals surface area contributed by atoms with Crippen LogP contribution in [0, 0.1) is 13.8 Å². The summed E-state index contributed by atoms with van der Waals surface area (Å²) in [5.74, 6) is 0.0626. The summed E-state index contributed by atoms with van der Waals surface area (Å²) in [5.41, 5.74) is 3.70. The van der Waals surface area contributed by atoms with E-state index in [-0.39, 0.29) is 12.2 Å². The number of H-pyrrole nitrogens is 1. The van der Waals surface area contributed by atoms with E-state index in [1.165, 1.54) is 7.11 Å². The number of benzene rings is 2. The predicted molar refractivity (Wildman–Crippen MR) is 106 cm³/mol. The van der Waals surface area contributed by atoms with Crippen molar-refractivity contribution in [3.63, 3.8) is 0 Å². The lowest BCUT2D eigenvalue weighted by Gasteiger charge is -2.15. The molecule has 3 rings (SSSR count). The molecule has 6 heteroatoms. The van der Waals surface area contributed by atoms with Crippen LogP contribution in [0.3, 0.4) is 0 Å². The maximum absolute atomic E-state index is 12.7. The Bertz CT molecular complexity index is 1070. The number of methoxy groups -OCH3 is 1. The van der Waals surface area contributed by atoms with Gasteiger partial charge in [0.1, 0.15) is 5.75 Å². The first kappa shape index (κ1) is 19.0. The predicted octanol–water partition coefficient (Wildman–Crippen LogP) is 3.94. The van der Waals surface area contributed by atoms with Gasteiger partial charge in [0.2, 0.25) is 0 Å². The molecule has 0 spiro atoms. The van der Waals surface area contributed by atoms with Crippen LogP contribution in [0.2, 0.25) is 5.02 Å². The maximum atomic E-state index is 12.7. The zero-order chi connectivity index (χ0) is 19.6. The standard InChI is InChI=1S/C21H20ClNO4/c1-12-8-17-20(18(9-12)27-11-19(24)26-3)13(2)15(21(25)23-17)10-14-6-4-5-7-16(14)22/h4-9H,10-11H2,1-3H3,(H,23,25). The van der Waals surface area contributed by atoms with E-state index in [2.05, 4.69) is 9.72 Å². The van der Waals surface area contributed by atoms with Gasteiger partial charge in [0.25, 0.3) is 5.56 Å². The molecule has 0 aliphatic rings. The summed E-state index contributed by atoms with van der Waals surface area (Å²) in [6.07, 6.45) is 0.404. The fraction of sp³-hybridized carbons (Fsp3) is 0.238. The number of aryl methyl sites for hydroxylation is 2. The van der Waals surface area contributed by atoms with E-state index in [4.69, 9.17) is 16.3 Å². The summed E-state index contributed by atoms with van der Waals surface area (Å²) in [5, 5.41) is 1.38. The van der Waals surface area contributed by atoms with Gasteiger partial charge in [-0.15, -0.1) is 0 Å². The largest absolute Gasteiger partial charge is 0.481 e. The van der Waals surface area contributed by atoms with E-state index in [0.717, 1.165) is 22.1 Å². The van der Waals surface area contributed by atoms with Gasteiger partial charge in [0.05, 0.1) is 12.6 Å². The number of halogens is 1. The van der Waals surface area contributed by atoms with E-state index in [0.29, 0.717) is 28.3 Å². The van der Waals surface area contributed by atoms with Crippen molar-refractivity contribution in [3.05, 3.63) is 74.0 Å². The van der Waals surface area contributed by atoms with Gasteiger partial charge in [-0.1, -0.05) is 29.8 Å². The zero-order valence-electron chi connectivity index (χ0n) is 15.4. The van der Waals surface area contributed by atoms with Crippen LogP contribution in [0.4, 0.5) is 0 Å². The molecule has 0 saturated carbocycles. The lowest BCUT2D eigenvalue weighted by molar-refractivity contribution is -0.142. The molecular weight excluding hydrogens is 366 g/mol. The molecule has 0 unspecified atom stereocenters. The minimum absolute atomic E-state index is 0.163. The summed E-state index contributed by atoms with van der Waals surface area (Å²) >= 11 is 6.26. The molecule has 5 nitrogen and oxygen atoms in total. The Hall–Kier alpha value is -2.79. The van der Waals surface area contributed by atoms with Gasteiger partial charge >= 0.3 is 5.97 Å². The van der Waals surface area contributed by atoms with Gasteiger partial charge in [0, 0.05) is 22.4 Å². The molecule has 0 bridgehead atoms. The quantitative estimate of drug-likeness (QED) is 0.675. The molecule has 27 heavy (non-hydrogen) atoms. The van der Waals surface area contributed by atoms with E-state index >= 15 is 0 Å². The fourth-order valence-electron chi connectivity index (χ4n) is 3.11. The summed E-state index contributed by atoms with van der Waals surface area (Å²) in [4.78, 5) is 27.1. The number of ether oxygens (including phenoxy) is 2. The highest BCUT2D eigenvalue weighted by Crippen LogP contribution is 2.31. The van der Waals surface area contributed by atoms with Crippen LogP contribution in [0.5, 0.6) is 5.75 Å². The van der Waals surface area contributed by atoms with Crippen LogP contribution in [0.15, 0.2) is 41.2 Å². The number of fused-ring (bicyclic) bond motifs is 1. The third-order valence-electron chi connectivity index (χ3n) is 4.49. The number of carbonyl (C=O) groups excluding carboxylic acids is 1. The topological polar surface area (TPSA) is 68.4 Å². The SMILES string of the molecule is COC(=O)COc1cc(C)cc2[nH]c(=O)c(Cc3ccccc3Cl)c(C)c12. The number of aromatic nitrogens is 1. The molecule has 0 saturated heterocycles. The van der Waals surface area contributed by atoms with Crippen molar-refractivity contribution in [1.29, 1.82) is 0 Å². The maximum Gasteiger partial charge on any atom is 0.343 e. The third-order valence-corrected chi connectivity index (χ3v) is 4.86. The summed E-state index contributed by atoms with van der Waals surface area (Å²) in [7, 11) is 1.31. The molecule has 0 aliphatic heterocycles. The Morgan fingerprint density at radius 3 is 2.63 bits per heavy atom. The normalized spacial score (nSPS) is 10.8. The van der Waals surface area contributed by atoms with Gasteiger partial charge < -0.3 is 14.5 Å². The Kier molecular flexibility index (Phi) is 5.51. The van der Waals surface area contributed by atoms with Gasteiger partial charge in [-0.2, -0.15) is 0 Å². The monoisotopic (exact) mass is 385 g/mol.